The molecule has 0 bridgehead atoms. The normalized spacial score (nSPS) is 15.7. The van der Waals surface area contributed by atoms with Crippen molar-refractivity contribution in [1.82, 2.24) is 14.8 Å². The summed E-state index contributed by atoms with van der Waals surface area (Å²) in [5.74, 6) is 0.858. The van der Waals surface area contributed by atoms with E-state index in [0.717, 1.165) is 49.5 Å². The van der Waals surface area contributed by atoms with Crippen LogP contribution in [0, 0.1) is 0 Å². The van der Waals surface area contributed by atoms with Gasteiger partial charge in [-0.1, -0.05) is 0 Å². The second-order valence-electron chi connectivity index (χ2n) is 5.67. The number of nitrogens with one attached hydrogen (secondary N) is 1. The predicted octanol–water partition coefficient (Wildman–Crippen LogP) is 1.10. The van der Waals surface area contributed by atoms with Crippen LogP contribution in [0.3, 0.4) is 0 Å². The fourth-order valence-corrected chi connectivity index (χ4v) is 2.83. The van der Waals surface area contributed by atoms with Crippen LogP contribution in [0.25, 0.3) is 10.9 Å². The predicted molar refractivity (Wildman–Crippen MR) is 88.8 cm³/mol. The number of morpholine rings is 1. The first-order valence-corrected chi connectivity index (χ1v) is 7.96. The summed E-state index contributed by atoms with van der Waals surface area (Å²) in [7, 11) is 1.65. The maximum Gasteiger partial charge on any atom is 0.239 e. The zero-order valence-corrected chi connectivity index (χ0v) is 13.5. The lowest BCUT2D eigenvalue weighted by molar-refractivity contribution is -0.121. The molecule has 3 rings (SSSR count). The first kappa shape index (κ1) is 15.8. The molecule has 1 aromatic heterocycles. The molecule has 124 valence electrons. The Morgan fingerprint density at radius 3 is 2.91 bits per heavy atom. The minimum atomic E-state index is 0.0339. The Hall–Kier alpha value is -2.05. The van der Waals surface area contributed by atoms with Crippen LogP contribution in [-0.4, -0.2) is 61.9 Å². The third-order valence-corrected chi connectivity index (χ3v) is 4.15. The van der Waals surface area contributed by atoms with Crippen molar-refractivity contribution >= 4 is 16.8 Å². The molecule has 1 aromatic carbocycles. The third kappa shape index (κ3) is 4.03. The van der Waals surface area contributed by atoms with Crippen molar-refractivity contribution in [2.45, 2.75) is 6.54 Å². The van der Waals surface area contributed by atoms with Crippen LogP contribution in [0.1, 0.15) is 0 Å². The number of benzene rings is 1. The zero-order valence-electron chi connectivity index (χ0n) is 13.5. The van der Waals surface area contributed by atoms with Gasteiger partial charge >= 0.3 is 0 Å². The molecule has 1 aliphatic heterocycles. The molecule has 0 atom stereocenters. The standard InChI is InChI=1S/C17H23N3O3/c1-22-15-2-3-16-14(12-15)4-6-20(16)13-17(21)18-5-7-19-8-10-23-11-9-19/h2-4,6,12H,5,7-11,13H2,1H3,(H,18,21). The number of fused-ring (bicyclic) bond motifs is 1. The summed E-state index contributed by atoms with van der Waals surface area (Å²) in [6.45, 7) is 5.34. The Morgan fingerprint density at radius 2 is 2.13 bits per heavy atom. The molecule has 0 spiro atoms. The van der Waals surface area contributed by atoms with Crippen molar-refractivity contribution in [2.75, 3.05) is 46.5 Å². The number of hydrogen-bond acceptors (Lipinski definition) is 4. The van der Waals surface area contributed by atoms with E-state index in [1.54, 1.807) is 7.11 Å². The number of aromatic nitrogens is 1. The Bertz CT molecular complexity index is 662. The number of hydrogen-bond donors (Lipinski definition) is 1. The van der Waals surface area contributed by atoms with Crippen LogP contribution in [0.15, 0.2) is 30.5 Å². The van der Waals surface area contributed by atoms with Crippen molar-refractivity contribution < 1.29 is 14.3 Å². The van der Waals surface area contributed by atoms with Crippen LogP contribution in [0.2, 0.25) is 0 Å². The lowest BCUT2D eigenvalue weighted by Gasteiger charge is -2.26. The number of amides is 1. The Balaban J connectivity index is 1.51. The van der Waals surface area contributed by atoms with Gasteiger partial charge in [-0.2, -0.15) is 0 Å². The summed E-state index contributed by atoms with van der Waals surface area (Å²) >= 11 is 0. The van der Waals surface area contributed by atoms with Crippen molar-refractivity contribution in [1.29, 1.82) is 0 Å². The molecule has 1 aliphatic rings. The van der Waals surface area contributed by atoms with Gasteiger partial charge in [0.05, 0.1) is 20.3 Å². The topological polar surface area (TPSA) is 55.7 Å². The molecule has 6 heteroatoms. The van der Waals surface area contributed by atoms with Crippen molar-refractivity contribution in [3.8, 4) is 5.75 Å². The average Bonchev–Trinajstić information content (AvgIpc) is 2.98. The van der Waals surface area contributed by atoms with Gasteiger partial charge in [-0.3, -0.25) is 9.69 Å². The Kier molecular flexibility index (Phi) is 5.15. The van der Waals surface area contributed by atoms with Gasteiger partial charge in [0.2, 0.25) is 5.91 Å². The zero-order chi connectivity index (χ0) is 16.1. The van der Waals surface area contributed by atoms with E-state index in [2.05, 4.69) is 10.2 Å². The van der Waals surface area contributed by atoms with E-state index in [1.165, 1.54) is 0 Å². The number of ether oxygens (including phenoxy) is 2. The number of rotatable bonds is 6. The minimum Gasteiger partial charge on any atom is -0.497 e. The monoisotopic (exact) mass is 317 g/mol. The molecule has 1 N–H and O–H groups in total. The lowest BCUT2D eigenvalue weighted by atomic mass is 10.2. The number of carbonyl (C=O) groups excluding carboxylic acids is 1. The molecular formula is C17H23N3O3. The fourth-order valence-electron chi connectivity index (χ4n) is 2.83. The summed E-state index contributed by atoms with van der Waals surface area (Å²) in [5.41, 5.74) is 1.04. The van der Waals surface area contributed by atoms with Crippen LogP contribution >= 0.6 is 0 Å². The van der Waals surface area contributed by atoms with E-state index in [4.69, 9.17) is 9.47 Å². The minimum absolute atomic E-state index is 0.0339. The van der Waals surface area contributed by atoms with Crippen molar-refractivity contribution in [3.63, 3.8) is 0 Å². The quantitative estimate of drug-likeness (QED) is 0.867. The highest BCUT2D eigenvalue weighted by atomic mass is 16.5. The molecule has 2 aromatic rings. The Morgan fingerprint density at radius 1 is 1.30 bits per heavy atom. The summed E-state index contributed by atoms with van der Waals surface area (Å²) in [6, 6.07) is 7.87. The van der Waals surface area contributed by atoms with Gasteiger partial charge in [0.1, 0.15) is 12.3 Å². The molecule has 1 amide bonds. The number of nitrogens with zero attached hydrogens (tertiary/aromatic N) is 2. The van der Waals surface area contributed by atoms with Gasteiger partial charge in [-0.25, -0.2) is 0 Å². The Labute approximate surface area is 136 Å². The van der Waals surface area contributed by atoms with Crippen LogP contribution in [0.5, 0.6) is 5.75 Å². The average molecular weight is 317 g/mol. The highest BCUT2D eigenvalue weighted by Crippen LogP contribution is 2.21. The molecule has 1 fully saturated rings. The lowest BCUT2D eigenvalue weighted by Crippen LogP contribution is -2.41. The van der Waals surface area contributed by atoms with Gasteiger partial charge in [0.25, 0.3) is 0 Å². The molecule has 23 heavy (non-hydrogen) atoms. The van der Waals surface area contributed by atoms with E-state index in [1.807, 2.05) is 35.0 Å². The molecule has 0 aliphatic carbocycles. The van der Waals surface area contributed by atoms with Gasteiger partial charge < -0.3 is 19.4 Å². The first-order chi connectivity index (χ1) is 11.3. The molecule has 2 heterocycles. The summed E-state index contributed by atoms with van der Waals surface area (Å²) in [6.07, 6.45) is 1.94. The van der Waals surface area contributed by atoms with Gasteiger partial charge in [0, 0.05) is 43.3 Å². The van der Waals surface area contributed by atoms with Crippen LogP contribution in [-0.2, 0) is 16.1 Å². The van der Waals surface area contributed by atoms with E-state index in [0.29, 0.717) is 13.1 Å². The summed E-state index contributed by atoms with van der Waals surface area (Å²) in [4.78, 5) is 14.4. The second-order valence-corrected chi connectivity index (χ2v) is 5.67. The van der Waals surface area contributed by atoms with Gasteiger partial charge in [0.15, 0.2) is 0 Å². The van der Waals surface area contributed by atoms with E-state index < -0.39 is 0 Å². The fraction of sp³-hybridized carbons (Fsp3) is 0.471. The molecule has 0 saturated carbocycles. The van der Waals surface area contributed by atoms with Gasteiger partial charge in [-0.15, -0.1) is 0 Å². The highest BCUT2D eigenvalue weighted by Gasteiger charge is 2.11. The molecule has 6 nitrogen and oxygen atoms in total. The smallest absolute Gasteiger partial charge is 0.239 e. The maximum absolute atomic E-state index is 12.1. The second kappa shape index (κ2) is 7.48. The highest BCUT2D eigenvalue weighted by molar-refractivity contribution is 5.84. The first-order valence-electron chi connectivity index (χ1n) is 7.96. The van der Waals surface area contributed by atoms with Crippen molar-refractivity contribution in [2.24, 2.45) is 0 Å². The van der Waals surface area contributed by atoms with Crippen LogP contribution < -0.4 is 10.1 Å². The largest absolute Gasteiger partial charge is 0.497 e. The molecular weight excluding hydrogens is 294 g/mol. The molecule has 1 saturated heterocycles. The van der Waals surface area contributed by atoms with Crippen LogP contribution in [0.4, 0.5) is 0 Å². The molecule has 0 radical (unpaired) electrons. The van der Waals surface area contributed by atoms with E-state index >= 15 is 0 Å². The number of methoxy groups -OCH3 is 1. The third-order valence-electron chi connectivity index (χ3n) is 4.15. The molecule has 0 unspecified atom stereocenters. The van der Waals surface area contributed by atoms with E-state index in [9.17, 15) is 4.79 Å². The maximum atomic E-state index is 12.1. The number of carbonyl (C=O) groups is 1. The summed E-state index contributed by atoms with van der Waals surface area (Å²) < 4.78 is 12.5. The van der Waals surface area contributed by atoms with Crippen molar-refractivity contribution in [3.05, 3.63) is 30.5 Å². The summed E-state index contributed by atoms with van der Waals surface area (Å²) in [5, 5.41) is 4.06. The SMILES string of the molecule is COc1ccc2c(ccn2CC(=O)NCCN2CCOCC2)c1. The van der Waals surface area contributed by atoms with Gasteiger partial charge in [-0.05, 0) is 24.3 Å². The van der Waals surface area contributed by atoms with E-state index in [-0.39, 0.29) is 5.91 Å².